The molecule has 0 saturated carbocycles. The van der Waals surface area contributed by atoms with E-state index in [9.17, 15) is 13.2 Å². The first-order valence-corrected chi connectivity index (χ1v) is 10.2. The summed E-state index contributed by atoms with van der Waals surface area (Å²) in [4.78, 5) is 13.8. The number of amides is 1. The molecule has 1 heterocycles. The SMILES string of the molecule is C=CCOc1ccc(NS(=O)(=O)c2ccc(N3CCCC3=O)c(C)c2)cc1. The quantitative estimate of drug-likeness (QED) is 0.739. The third-order valence-corrected chi connectivity index (χ3v) is 5.70. The van der Waals surface area contributed by atoms with Gasteiger partial charge in [-0.2, -0.15) is 0 Å². The topological polar surface area (TPSA) is 75.7 Å². The minimum Gasteiger partial charge on any atom is -0.490 e. The van der Waals surface area contributed by atoms with Gasteiger partial charge in [-0.15, -0.1) is 0 Å². The molecule has 1 saturated heterocycles. The number of sulfonamides is 1. The van der Waals surface area contributed by atoms with Crippen LogP contribution in [0.4, 0.5) is 11.4 Å². The van der Waals surface area contributed by atoms with E-state index >= 15 is 0 Å². The average molecular weight is 386 g/mol. The van der Waals surface area contributed by atoms with Gasteiger partial charge in [0, 0.05) is 24.3 Å². The Kier molecular flexibility index (Phi) is 5.51. The summed E-state index contributed by atoms with van der Waals surface area (Å²) < 4.78 is 33.3. The number of aryl methyl sites for hydroxylation is 1. The van der Waals surface area contributed by atoms with E-state index in [2.05, 4.69) is 11.3 Å². The van der Waals surface area contributed by atoms with Crippen molar-refractivity contribution in [2.45, 2.75) is 24.7 Å². The van der Waals surface area contributed by atoms with Crippen LogP contribution < -0.4 is 14.4 Å². The molecule has 0 bridgehead atoms. The lowest BCUT2D eigenvalue weighted by atomic mass is 10.2. The number of carbonyl (C=O) groups excluding carboxylic acids is 1. The van der Waals surface area contributed by atoms with Crippen molar-refractivity contribution in [1.29, 1.82) is 0 Å². The first-order valence-electron chi connectivity index (χ1n) is 8.68. The number of anilines is 2. The molecule has 7 heteroatoms. The first-order chi connectivity index (χ1) is 12.9. The van der Waals surface area contributed by atoms with E-state index < -0.39 is 10.0 Å². The van der Waals surface area contributed by atoms with Gasteiger partial charge < -0.3 is 9.64 Å². The maximum absolute atomic E-state index is 12.7. The first kappa shape index (κ1) is 19.0. The lowest BCUT2D eigenvalue weighted by molar-refractivity contribution is -0.117. The molecule has 0 atom stereocenters. The highest BCUT2D eigenvalue weighted by Crippen LogP contribution is 2.28. The van der Waals surface area contributed by atoms with Gasteiger partial charge in [-0.1, -0.05) is 12.7 Å². The van der Waals surface area contributed by atoms with Crippen LogP contribution in [0.25, 0.3) is 0 Å². The number of rotatable bonds is 7. The smallest absolute Gasteiger partial charge is 0.261 e. The highest BCUT2D eigenvalue weighted by molar-refractivity contribution is 7.92. The van der Waals surface area contributed by atoms with Gasteiger partial charge in [0.1, 0.15) is 12.4 Å². The molecule has 142 valence electrons. The van der Waals surface area contributed by atoms with Crippen molar-refractivity contribution in [3.63, 3.8) is 0 Å². The summed E-state index contributed by atoms with van der Waals surface area (Å²) in [6, 6.07) is 11.5. The molecule has 2 aromatic carbocycles. The van der Waals surface area contributed by atoms with Gasteiger partial charge in [-0.3, -0.25) is 9.52 Å². The van der Waals surface area contributed by atoms with Gasteiger partial charge in [0.15, 0.2) is 0 Å². The fourth-order valence-corrected chi connectivity index (χ4v) is 4.13. The summed E-state index contributed by atoms with van der Waals surface area (Å²) in [6.45, 7) is 6.45. The van der Waals surface area contributed by atoms with E-state index in [1.807, 2.05) is 6.92 Å². The van der Waals surface area contributed by atoms with Crippen molar-refractivity contribution in [2.24, 2.45) is 0 Å². The maximum Gasteiger partial charge on any atom is 0.261 e. The lowest BCUT2D eigenvalue weighted by Gasteiger charge is -2.19. The molecule has 0 unspecified atom stereocenters. The van der Waals surface area contributed by atoms with E-state index in [-0.39, 0.29) is 10.8 Å². The fourth-order valence-electron chi connectivity index (χ4n) is 2.99. The van der Waals surface area contributed by atoms with Crippen LogP contribution in [0.15, 0.2) is 60.0 Å². The van der Waals surface area contributed by atoms with Gasteiger partial charge in [-0.05, 0) is 61.4 Å². The third-order valence-electron chi connectivity index (χ3n) is 4.32. The number of nitrogens with zero attached hydrogens (tertiary/aromatic N) is 1. The van der Waals surface area contributed by atoms with Crippen LogP contribution in [0.1, 0.15) is 18.4 Å². The fraction of sp³-hybridized carbons (Fsp3) is 0.250. The van der Waals surface area contributed by atoms with E-state index in [1.165, 1.54) is 6.07 Å². The summed E-state index contributed by atoms with van der Waals surface area (Å²) >= 11 is 0. The van der Waals surface area contributed by atoms with Crippen molar-refractivity contribution in [3.05, 3.63) is 60.7 Å². The van der Waals surface area contributed by atoms with Crippen LogP contribution in [-0.4, -0.2) is 27.5 Å². The summed E-state index contributed by atoms with van der Waals surface area (Å²) in [5.74, 6) is 0.707. The van der Waals surface area contributed by atoms with Crippen LogP contribution in [0.2, 0.25) is 0 Å². The minimum absolute atomic E-state index is 0.0746. The molecule has 1 fully saturated rings. The molecule has 1 aliphatic heterocycles. The van der Waals surface area contributed by atoms with Crippen LogP contribution in [0, 0.1) is 6.92 Å². The van der Waals surface area contributed by atoms with Crippen molar-refractivity contribution in [1.82, 2.24) is 0 Å². The molecule has 2 aromatic rings. The predicted molar refractivity (Wildman–Crippen MR) is 106 cm³/mol. The standard InChI is InChI=1S/C20H22N2O4S/c1-3-13-26-17-8-6-16(7-9-17)21-27(24,25)18-10-11-19(15(2)14-18)22-12-4-5-20(22)23/h3,6-11,14,21H,1,4-5,12-13H2,2H3. The molecule has 1 N–H and O–H groups in total. The average Bonchev–Trinajstić information content (AvgIpc) is 3.06. The Morgan fingerprint density at radius 3 is 2.56 bits per heavy atom. The Morgan fingerprint density at radius 2 is 1.96 bits per heavy atom. The Labute approximate surface area is 159 Å². The van der Waals surface area contributed by atoms with E-state index in [0.29, 0.717) is 31.0 Å². The summed E-state index contributed by atoms with van der Waals surface area (Å²) in [5.41, 5.74) is 1.96. The molecule has 0 radical (unpaired) electrons. The van der Waals surface area contributed by atoms with Crippen molar-refractivity contribution >= 4 is 27.3 Å². The summed E-state index contributed by atoms with van der Waals surface area (Å²) in [7, 11) is -3.73. The van der Waals surface area contributed by atoms with Gasteiger partial charge in [0.05, 0.1) is 4.90 Å². The number of hydrogen-bond acceptors (Lipinski definition) is 4. The predicted octanol–water partition coefficient (Wildman–Crippen LogP) is 3.49. The normalized spacial score (nSPS) is 14.3. The zero-order valence-electron chi connectivity index (χ0n) is 15.1. The molecule has 3 rings (SSSR count). The number of nitrogens with one attached hydrogen (secondary N) is 1. The van der Waals surface area contributed by atoms with Crippen molar-refractivity contribution in [2.75, 3.05) is 22.8 Å². The van der Waals surface area contributed by atoms with Crippen LogP contribution in [0.3, 0.4) is 0 Å². The Hall–Kier alpha value is -2.80. The number of benzene rings is 2. The highest BCUT2D eigenvalue weighted by Gasteiger charge is 2.24. The molecule has 27 heavy (non-hydrogen) atoms. The second-order valence-corrected chi connectivity index (χ2v) is 8.01. The summed E-state index contributed by atoms with van der Waals surface area (Å²) in [5, 5.41) is 0. The number of hydrogen-bond donors (Lipinski definition) is 1. The van der Waals surface area contributed by atoms with Crippen molar-refractivity contribution < 1.29 is 17.9 Å². The van der Waals surface area contributed by atoms with Crippen LogP contribution in [0.5, 0.6) is 5.75 Å². The highest BCUT2D eigenvalue weighted by atomic mass is 32.2. The van der Waals surface area contributed by atoms with E-state index in [4.69, 9.17) is 4.74 Å². The Bertz CT molecular complexity index is 952. The second-order valence-electron chi connectivity index (χ2n) is 6.33. The maximum atomic E-state index is 12.7. The lowest BCUT2D eigenvalue weighted by Crippen LogP contribution is -2.24. The van der Waals surface area contributed by atoms with Crippen LogP contribution in [-0.2, 0) is 14.8 Å². The molecule has 0 spiro atoms. The third kappa shape index (κ3) is 4.31. The van der Waals surface area contributed by atoms with E-state index in [1.54, 1.807) is 47.4 Å². The number of ether oxygens (including phenoxy) is 1. The Morgan fingerprint density at radius 1 is 1.22 bits per heavy atom. The van der Waals surface area contributed by atoms with Gasteiger partial charge in [-0.25, -0.2) is 8.42 Å². The van der Waals surface area contributed by atoms with Gasteiger partial charge >= 0.3 is 0 Å². The molecule has 0 aromatic heterocycles. The molecule has 1 aliphatic rings. The number of carbonyl (C=O) groups is 1. The second kappa shape index (κ2) is 7.84. The molecule has 1 amide bonds. The van der Waals surface area contributed by atoms with E-state index in [0.717, 1.165) is 17.7 Å². The Balaban J connectivity index is 1.77. The van der Waals surface area contributed by atoms with Gasteiger partial charge in [0.2, 0.25) is 5.91 Å². The van der Waals surface area contributed by atoms with Gasteiger partial charge in [0.25, 0.3) is 10.0 Å². The zero-order chi connectivity index (χ0) is 19.4. The zero-order valence-corrected chi connectivity index (χ0v) is 16.0. The molecular formula is C20H22N2O4S. The molecule has 6 nitrogen and oxygen atoms in total. The minimum atomic E-state index is -3.73. The molecule has 0 aliphatic carbocycles. The van der Waals surface area contributed by atoms with Crippen LogP contribution >= 0.6 is 0 Å². The van der Waals surface area contributed by atoms with Crippen molar-refractivity contribution in [3.8, 4) is 5.75 Å². The monoisotopic (exact) mass is 386 g/mol. The summed E-state index contributed by atoms with van der Waals surface area (Å²) in [6.07, 6.45) is 3.00. The molecular weight excluding hydrogens is 364 g/mol. The largest absolute Gasteiger partial charge is 0.490 e.